The number of allylic oxidation sites excluding steroid dienone is 2. The van der Waals surface area contributed by atoms with Crippen molar-refractivity contribution in [3.05, 3.63) is 41.6 Å². The monoisotopic (exact) mass is 257 g/mol. The Bertz CT molecular complexity index is 471. The molecular weight excluding hydrogens is 234 g/mol. The molecular formula is C16H23N3. The second-order valence-electron chi connectivity index (χ2n) is 5.25. The fourth-order valence-corrected chi connectivity index (χ4v) is 2.49. The fraction of sp³-hybridized carbons (Fsp3) is 0.438. The van der Waals surface area contributed by atoms with Crippen LogP contribution in [0.2, 0.25) is 0 Å². The van der Waals surface area contributed by atoms with Crippen LogP contribution < -0.4 is 10.6 Å². The molecule has 1 heterocycles. The molecule has 0 aromatic heterocycles. The number of anilines is 1. The van der Waals surface area contributed by atoms with Crippen LogP contribution in [0, 0.1) is 18.3 Å². The Balaban J connectivity index is 2.19. The highest BCUT2D eigenvalue weighted by Crippen LogP contribution is 2.25. The van der Waals surface area contributed by atoms with E-state index in [1.54, 1.807) is 0 Å². The van der Waals surface area contributed by atoms with E-state index in [0.29, 0.717) is 11.6 Å². The van der Waals surface area contributed by atoms with Crippen LogP contribution >= 0.6 is 0 Å². The molecule has 3 nitrogen and oxygen atoms in total. The summed E-state index contributed by atoms with van der Waals surface area (Å²) in [5, 5.41) is 14.7. The van der Waals surface area contributed by atoms with Gasteiger partial charge in [0.05, 0.1) is 0 Å². The quantitative estimate of drug-likeness (QED) is 0.725. The van der Waals surface area contributed by atoms with E-state index in [1.807, 2.05) is 19.1 Å². The molecule has 0 bridgehead atoms. The summed E-state index contributed by atoms with van der Waals surface area (Å²) >= 11 is 0. The Morgan fingerprint density at radius 2 is 2.00 bits per heavy atom. The Kier molecular flexibility index (Phi) is 4.74. The maximum absolute atomic E-state index is 7.73. The van der Waals surface area contributed by atoms with Gasteiger partial charge in [-0.25, -0.2) is 0 Å². The normalized spacial score (nSPS) is 17.3. The standard InChI is InChI=1S/C16H23N3/c1-12-5-3-4-6-15(12)19-16(11-13(2)17)14-7-9-18-10-8-14/h3-6,11,14,17-19H,7-10H2,1-2H3/b16-11-,17-13?. The third kappa shape index (κ3) is 3.93. The lowest BCUT2D eigenvalue weighted by Gasteiger charge is -2.26. The van der Waals surface area contributed by atoms with Gasteiger partial charge in [0.15, 0.2) is 0 Å². The van der Waals surface area contributed by atoms with Gasteiger partial charge in [0.25, 0.3) is 0 Å². The number of rotatable bonds is 4. The van der Waals surface area contributed by atoms with Gasteiger partial charge in [-0.3, -0.25) is 0 Å². The van der Waals surface area contributed by atoms with Crippen molar-refractivity contribution in [2.45, 2.75) is 26.7 Å². The molecule has 1 fully saturated rings. The van der Waals surface area contributed by atoms with E-state index in [2.05, 4.69) is 35.8 Å². The van der Waals surface area contributed by atoms with Crippen molar-refractivity contribution in [1.29, 1.82) is 5.41 Å². The Morgan fingerprint density at radius 3 is 2.63 bits per heavy atom. The largest absolute Gasteiger partial charge is 0.358 e. The van der Waals surface area contributed by atoms with E-state index in [9.17, 15) is 0 Å². The van der Waals surface area contributed by atoms with E-state index < -0.39 is 0 Å². The fourth-order valence-electron chi connectivity index (χ4n) is 2.49. The summed E-state index contributed by atoms with van der Waals surface area (Å²) < 4.78 is 0. The zero-order valence-corrected chi connectivity index (χ0v) is 11.8. The first-order valence-corrected chi connectivity index (χ1v) is 6.97. The molecule has 0 aliphatic carbocycles. The summed E-state index contributed by atoms with van der Waals surface area (Å²) in [6.45, 7) is 6.07. The highest BCUT2D eigenvalue weighted by Gasteiger charge is 2.18. The third-order valence-electron chi connectivity index (χ3n) is 3.58. The lowest BCUT2D eigenvalue weighted by Crippen LogP contribution is -2.30. The van der Waals surface area contributed by atoms with Gasteiger partial charge in [0, 0.05) is 23.0 Å². The summed E-state index contributed by atoms with van der Waals surface area (Å²) in [4.78, 5) is 0. The number of piperidine rings is 1. The molecule has 0 radical (unpaired) electrons. The maximum atomic E-state index is 7.73. The molecule has 2 rings (SSSR count). The molecule has 1 aromatic carbocycles. The first kappa shape index (κ1) is 13.8. The second kappa shape index (κ2) is 6.53. The van der Waals surface area contributed by atoms with Crippen molar-refractivity contribution in [1.82, 2.24) is 5.32 Å². The van der Waals surface area contributed by atoms with Crippen molar-refractivity contribution < 1.29 is 0 Å². The van der Waals surface area contributed by atoms with Crippen molar-refractivity contribution >= 4 is 11.4 Å². The molecule has 1 aliphatic heterocycles. The van der Waals surface area contributed by atoms with Gasteiger partial charge in [-0.05, 0) is 57.5 Å². The average Bonchev–Trinajstić information content (AvgIpc) is 2.41. The van der Waals surface area contributed by atoms with Crippen LogP contribution in [0.3, 0.4) is 0 Å². The Labute approximate surface area is 115 Å². The summed E-state index contributed by atoms with van der Waals surface area (Å²) in [5.74, 6) is 0.529. The topological polar surface area (TPSA) is 47.9 Å². The number of nitrogens with one attached hydrogen (secondary N) is 3. The van der Waals surface area contributed by atoms with Crippen molar-refractivity contribution in [3.8, 4) is 0 Å². The van der Waals surface area contributed by atoms with Crippen LogP contribution in [0.25, 0.3) is 0 Å². The SMILES string of the molecule is CC(=N)/C=C(\Nc1ccccc1C)C1CCNCC1. The molecule has 3 heteroatoms. The van der Waals surface area contributed by atoms with Gasteiger partial charge in [-0.1, -0.05) is 18.2 Å². The molecule has 0 unspecified atom stereocenters. The smallest absolute Gasteiger partial charge is 0.0411 e. The predicted octanol–water partition coefficient (Wildman–Crippen LogP) is 3.33. The minimum absolute atomic E-state index is 0.529. The van der Waals surface area contributed by atoms with E-state index >= 15 is 0 Å². The summed E-state index contributed by atoms with van der Waals surface area (Å²) in [6, 6.07) is 8.31. The molecule has 0 saturated carbocycles. The summed E-state index contributed by atoms with van der Waals surface area (Å²) in [6.07, 6.45) is 4.25. The molecule has 0 amide bonds. The van der Waals surface area contributed by atoms with Gasteiger partial charge in [0.2, 0.25) is 0 Å². The van der Waals surface area contributed by atoms with Crippen molar-refractivity contribution in [2.75, 3.05) is 18.4 Å². The van der Waals surface area contributed by atoms with Crippen LogP contribution in [0.1, 0.15) is 25.3 Å². The first-order chi connectivity index (χ1) is 9.16. The lowest BCUT2D eigenvalue weighted by atomic mass is 9.93. The number of aryl methyl sites for hydroxylation is 1. The van der Waals surface area contributed by atoms with Crippen LogP contribution in [-0.4, -0.2) is 18.8 Å². The van der Waals surface area contributed by atoms with E-state index in [1.165, 1.54) is 11.3 Å². The average molecular weight is 257 g/mol. The number of benzene rings is 1. The highest BCUT2D eigenvalue weighted by molar-refractivity contribution is 5.91. The first-order valence-electron chi connectivity index (χ1n) is 6.97. The Hall–Kier alpha value is -1.61. The summed E-state index contributed by atoms with van der Waals surface area (Å²) in [7, 11) is 0. The van der Waals surface area contributed by atoms with Crippen LogP contribution in [-0.2, 0) is 0 Å². The minimum Gasteiger partial charge on any atom is -0.358 e. The van der Waals surface area contributed by atoms with Gasteiger partial charge in [0.1, 0.15) is 0 Å². The van der Waals surface area contributed by atoms with Crippen molar-refractivity contribution in [3.63, 3.8) is 0 Å². The summed E-state index contributed by atoms with van der Waals surface area (Å²) in [5.41, 5.74) is 4.18. The van der Waals surface area contributed by atoms with Gasteiger partial charge >= 0.3 is 0 Å². The van der Waals surface area contributed by atoms with Crippen LogP contribution in [0.5, 0.6) is 0 Å². The maximum Gasteiger partial charge on any atom is 0.0411 e. The predicted molar refractivity (Wildman–Crippen MR) is 81.9 cm³/mol. The highest BCUT2D eigenvalue weighted by atomic mass is 14.9. The molecule has 0 atom stereocenters. The molecule has 1 aromatic rings. The van der Waals surface area contributed by atoms with Gasteiger partial charge in [-0.15, -0.1) is 0 Å². The molecule has 3 N–H and O–H groups in total. The van der Waals surface area contributed by atoms with Gasteiger partial charge in [-0.2, -0.15) is 0 Å². The van der Waals surface area contributed by atoms with Crippen molar-refractivity contribution in [2.24, 2.45) is 5.92 Å². The number of para-hydroxylation sites is 1. The molecule has 1 aliphatic rings. The minimum atomic E-state index is 0.529. The molecule has 19 heavy (non-hydrogen) atoms. The second-order valence-corrected chi connectivity index (χ2v) is 5.25. The molecule has 1 saturated heterocycles. The zero-order chi connectivity index (χ0) is 13.7. The number of hydrogen-bond acceptors (Lipinski definition) is 3. The molecule has 102 valence electrons. The van der Waals surface area contributed by atoms with E-state index in [4.69, 9.17) is 5.41 Å². The molecule has 0 spiro atoms. The number of hydrogen-bond donors (Lipinski definition) is 3. The van der Waals surface area contributed by atoms with Gasteiger partial charge < -0.3 is 16.0 Å². The third-order valence-corrected chi connectivity index (χ3v) is 3.58. The lowest BCUT2D eigenvalue weighted by molar-refractivity contribution is 0.421. The van der Waals surface area contributed by atoms with Crippen LogP contribution in [0.15, 0.2) is 36.0 Å². The Morgan fingerprint density at radius 1 is 1.32 bits per heavy atom. The van der Waals surface area contributed by atoms with E-state index in [-0.39, 0.29) is 0 Å². The van der Waals surface area contributed by atoms with Crippen LogP contribution in [0.4, 0.5) is 5.69 Å². The van der Waals surface area contributed by atoms with E-state index in [0.717, 1.165) is 31.6 Å². The zero-order valence-electron chi connectivity index (χ0n) is 11.8.